The van der Waals surface area contributed by atoms with Crippen molar-refractivity contribution < 1.29 is 4.79 Å². The van der Waals surface area contributed by atoms with Crippen LogP contribution in [0.25, 0.3) is 0 Å². The lowest BCUT2D eigenvalue weighted by molar-refractivity contribution is 0.0691. The normalized spacial score (nSPS) is 16.6. The molecule has 0 aromatic carbocycles. The molecular weight excluding hydrogens is 214 g/mol. The molecule has 0 spiro atoms. The van der Waals surface area contributed by atoms with Crippen molar-refractivity contribution in [2.24, 2.45) is 5.92 Å². The Labute approximate surface area is 101 Å². The summed E-state index contributed by atoms with van der Waals surface area (Å²) in [7, 11) is 0. The van der Waals surface area contributed by atoms with Crippen molar-refractivity contribution in [2.45, 2.75) is 19.8 Å². The molecule has 2 heterocycles. The Morgan fingerprint density at radius 1 is 1.53 bits per heavy atom. The van der Waals surface area contributed by atoms with E-state index in [1.54, 1.807) is 12.1 Å². The van der Waals surface area contributed by atoms with Crippen molar-refractivity contribution >= 4 is 5.91 Å². The van der Waals surface area contributed by atoms with E-state index < -0.39 is 0 Å². The Morgan fingerprint density at radius 2 is 2.24 bits per heavy atom. The summed E-state index contributed by atoms with van der Waals surface area (Å²) < 4.78 is 0. The highest BCUT2D eigenvalue weighted by atomic mass is 16.2. The molecule has 0 atom stereocenters. The molecule has 17 heavy (non-hydrogen) atoms. The van der Waals surface area contributed by atoms with Crippen LogP contribution in [0.1, 0.15) is 35.8 Å². The minimum absolute atomic E-state index is 0.0611. The fourth-order valence-electron chi connectivity index (χ4n) is 1.99. The molecule has 1 aromatic rings. The first kappa shape index (κ1) is 11.6. The molecule has 0 radical (unpaired) electrons. The van der Waals surface area contributed by atoms with Crippen LogP contribution < -0.4 is 0 Å². The largest absolute Gasteiger partial charge is 0.337 e. The molecule has 2 rings (SSSR count). The molecule has 1 amide bonds. The Kier molecular flexibility index (Phi) is 3.38. The fraction of sp³-hybridized carbons (Fsp3) is 0.462. The number of hydrogen-bond acceptors (Lipinski definition) is 3. The molecular formula is C13H15N3O. The van der Waals surface area contributed by atoms with E-state index >= 15 is 0 Å². The number of nitrogens with zero attached hydrogens (tertiary/aromatic N) is 3. The van der Waals surface area contributed by atoms with E-state index in [0.717, 1.165) is 25.9 Å². The molecule has 1 aliphatic rings. The number of hydrogen-bond donors (Lipinski definition) is 0. The molecule has 0 saturated carbocycles. The van der Waals surface area contributed by atoms with Gasteiger partial charge in [0, 0.05) is 19.3 Å². The van der Waals surface area contributed by atoms with Crippen molar-refractivity contribution in [3.05, 3.63) is 29.6 Å². The number of rotatable bonds is 1. The number of carbonyl (C=O) groups excluding carboxylic acids is 1. The second kappa shape index (κ2) is 4.96. The minimum Gasteiger partial charge on any atom is -0.337 e. The molecule has 0 N–H and O–H groups in total. The van der Waals surface area contributed by atoms with E-state index in [2.05, 4.69) is 11.9 Å². The van der Waals surface area contributed by atoms with E-state index in [9.17, 15) is 4.79 Å². The van der Waals surface area contributed by atoms with Crippen LogP contribution in [0.2, 0.25) is 0 Å². The van der Waals surface area contributed by atoms with E-state index in [1.807, 2.05) is 11.0 Å². The zero-order chi connectivity index (χ0) is 12.3. The molecule has 1 aliphatic heterocycles. The van der Waals surface area contributed by atoms with Crippen LogP contribution in [0.15, 0.2) is 18.3 Å². The first-order chi connectivity index (χ1) is 8.20. The Bertz CT molecular complexity index is 456. The van der Waals surface area contributed by atoms with Crippen LogP contribution in [0.4, 0.5) is 0 Å². The number of likely N-dealkylation sites (tertiary alicyclic amines) is 1. The summed E-state index contributed by atoms with van der Waals surface area (Å²) in [5.74, 6) is 0.631. The van der Waals surface area contributed by atoms with Gasteiger partial charge in [-0.2, -0.15) is 5.26 Å². The van der Waals surface area contributed by atoms with Gasteiger partial charge in [0.2, 0.25) is 0 Å². The van der Waals surface area contributed by atoms with E-state index in [4.69, 9.17) is 5.26 Å². The van der Waals surface area contributed by atoms with Gasteiger partial charge in [0.15, 0.2) is 0 Å². The molecule has 1 saturated heterocycles. The zero-order valence-corrected chi connectivity index (χ0v) is 9.89. The highest BCUT2D eigenvalue weighted by Gasteiger charge is 2.22. The van der Waals surface area contributed by atoms with Crippen molar-refractivity contribution in [2.75, 3.05) is 13.1 Å². The molecule has 0 unspecified atom stereocenters. The molecule has 1 aromatic heterocycles. The summed E-state index contributed by atoms with van der Waals surface area (Å²) >= 11 is 0. The average Bonchev–Trinajstić information content (AvgIpc) is 2.39. The predicted octanol–water partition coefficient (Wildman–Crippen LogP) is 1.83. The predicted molar refractivity (Wildman–Crippen MR) is 63.3 cm³/mol. The van der Waals surface area contributed by atoms with Crippen molar-refractivity contribution in [3.8, 4) is 6.07 Å². The number of pyridine rings is 1. The number of piperidine rings is 1. The standard InChI is InChI=1S/C13H15N3O/c1-10-3-6-16(7-4-10)13(17)12-8-11(9-14)2-5-15-12/h2,5,8,10H,3-4,6-7H2,1H3. The van der Waals surface area contributed by atoms with Crippen molar-refractivity contribution in [1.82, 2.24) is 9.88 Å². The Hall–Kier alpha value is -1.89. The lowest BCUT2D eigenvalue weighted by Gasteiger charge is -2.30. The first-order valence-corrected chi connectivity index (χ1v) is 5.86. The van der Waals surface area contributed by atoms with Gasteiger partial charge in [-0.3, -0.25) is 9.78 Å². The van der Waals surface area contributed by atoms with Crippen LogP contribution in [0.3, 0.4) is 0 Å². The van der Waals surface area contributed by atoms with Gasteiger partial charge in [-0.15, -0.1) is 0 Å². The summed E-state index contributed by atoms with van der Waals surface area (Å²) in [4.78, 5) is 18.0. The molecule has 4 heteroatoms. The quantitative estimate of drug-likeness (QED) is 0.738. The highest BCUT2D eigenvalue weighted by molar-refractivity contribution is 5.92. The third-order valence-corrected chi connectivity index (χ3v) is 3.18. The number of nitriles is 1. The number of carbonyl (C=O) groups is 1. The van der Waals surface area contributed by atoms with Gasteiger partial charge in [-0.05, 0) is 30.9 Å². The zero-order valence-electron chi connectivity index (χ0n) is 9.89. The summed E-state index contributed by atoms with van der Waals surface area (Å²) in [5, 5.41) is 8.79. The number of amides is 1. The third kappa shape index (κ3) is 2.62. The van der Waals surface area contributed by atoms with Gasteiger partial charge in [0.1, 0.15) is 5.69 Å². The smallest absolute Gasteiger partial charge is 0.272 e. The van der Waals surface area contributed by atoms with Crippen LogP contribution in [0, 0.1) is 17.2 Å². The van der Waals surface area contributed by atoms with Crippen molar-refractivity contribution in [3.63, 3.8) is 0 Å². The van der Waals surface area contributed by atoms with Crippen LogP contribution in [-0.2, 0) is 0 Å². The molecule has 1 fully saturated rings. The van der Waals surface area contributed by atoms with Crippen LogP contribution in [0.5, 0.6) is 0 Å². The monoisotopic (exact) mass is 229 g/mol. The fourth-order valence-corrected chi connectivity index (χ4v) is 1.99. The molecule has 4 nitrogen and oxygen atoms in total. The van der Waals surface area contributed by atoms with Gasteiger partial charge >= 0.3 is 0 Å². The first-order valence-electron chi connectivity index (χ1n) is 5.86. The van der Waals surface area contributed by atoms with Gasteiger partial charge in [-0.25, -0.2) is 0 Å². The summed E-state index contributed by atoms with van der Waals surface area (Å²) in [6.45, 7) is 3.79. The van der Waals surface area contributed by atoms with Gasteiger partial charge in [0.05, 0.1) is 11.6 Å². The molecule has 88 valence electrons. The highest BCUT2D eigenvalue weighted by Crippen LogP contribution is 2.17. The van der Waals surface area contributed by atoms with Gasteiger partial charge in [-0.1, -0.05) is 6.92 Å². The van der Waals surface area contributed by atoms with E-state index in [0.29, 0.717) is 17.2 Å². The van der Waals surface area contributed by atoms with E-state index in [-0.39, 0.29) is 5.91 Å². The maximum absolute atomic E-state index is 12.1. The minimum atomic E-state index is -0.0611. The molecule has 0 aliphatic carbocycles. The Balaban J connectivity index is 2.11. The van der Waals surface area contributed by atoms with Gasteiger partial charge in [0.25, 0.3) is 5.91 Å². The van der Waals surface area contributed by atoms with Gasteiger partial charge < -0.3 is 4.90 Å². The molecule has 0 bridgehead atoms. The van der Waals surface area contributed by atoms with Crippen molar-refractivity contribution in [1.29, 1.82) is 5.26 Å². The summed E-state index contributed by atoms with van der Waals surface area (Å²) in [6, 6.07) is 5.18. The lowest BCUT2D eigenvalue weighted by atomic mass is 9.99. The maximum Gasteiger partial charge on any atom is 0.272 e. The average molecular weight is 229 g/mol. The second-order valence-electron chi connectivity index (χ2n) is 4.52. The lowest BCUT2D eigenvalue weighted by Crippen LogP contribution is -2.38. The SMILES string of the molecule is CC1CCN(C(=O)c2cc(C#N)ccn2)CC1. The second-order valence-corrected chi connectivity index (χ2v) is 4.52. The third-order valence-electron chi connectivity index (χ3n) is 3.18. The summed E-state index contributed by atoms with van der Waals surface area (Å²) in [6.07, 6.45) is 3.60. The van der Waals surface area contributed by atoms with Crippen LogP contribution in [-0.4, -0.2) is 28.9 Å². The topological polar surface area (TPSA) is 57.0 Å². The number of aromatic nitrogens is 1. The van der Waals surface area contributed by atoms with E-state index in [1.165, 1.54) is 6.20 Å². The maximum atomic E-state index is 12.1. The summed E-state index contributed by atoms with van der Waals surface area (Å²) in [5.41, 5.74) is 0.854. The van der Waals surface area contributed by atoms with Crippen LogP contribution >= 0.6 is 0 Å². The Morgan fingerprint density at radius 3 is 2.88 bits per heavy atom.